The normalized spacial score (nSPS) is 15.1. The number of nitrogens with two attached hydrogens (primary N) is 1. The van der Waals surface area contributed by atoms with E-state index >= 15 is 0 Å². The van der Waals surface area contributed by atoms with Crippen LogP contribution in [-0.4, -0.2) is 53.2 Å². The van der Waals surface area contributed by atoms with Crippen molar-refractivity contribution in [2.75, 3.05) is 11.5 Å². The fourth-order valence-electron chi connectivity index (χ4n) is 1.43. The number of primary amides is 1. The van der Waals surface area contributed by atoms with Gasteiger partial charge in [-0.05, 0) is 5.75 Å². The molecular formula is C11H10F13NOS. The molecule has 0 unspecified atom stereocenters. The number of carbonyl (C=O) groups excluding carboxylic acids is 1. The number of alkyl halides is 13. The highest BCUT2D eigenvalue weighted by Crippen LogP contribution is 2.60. The number of halogens is 13. The van der Waals surface area contributed by atoms with Crippen molar-refractivity contribution < 1.29 is 61.9 Å². The molecule has 16 heteroatoms. The predicted molar refractivity (Wildman–Crippen MR) is 66.5 cm³/mol. The van der Waals surface area contributed by atoms with Gasteiger partial charge in [0.1, 0.15) is 0 Å². The number of hydrogen-bond donors (Lipinski definition) is 1. The summed E-state index contributed by atoms with van der Waals surface area (Å²) < 4.78 is 166. The Morgan fingerprint density at radius 2 is 1.07 bits per heavy atom. The molecule has 0 heterocycles. The first-order chi connectivity index (χ1) is 11.7. The van der Waals surface area contributed by atoms with E-state index < -0.39 is 60.3 Å². The van der Waals surface area contributed by atoms with Gasteiger partial charge in [-0.2, -0.15) is 68.8 Å². The summed E-state index contributed by atoms with van der Waals surface area (Å²) in [5.41, 5.74) is 4.64. The summed E-state index contributed by atoms with van der Waals surface area (Å²) in [5, 5.41) is 0. The molecule has 0 atom stereocenters. The molecule has 0 spiro atoms. The molecule has 162 valence electrons. The molecule has 0 aromatic heterocycles. The lowest BCUT2D eigenvalue weighted by Gasteiger charge is -2.39. The van der Waals surface area contributed by atoms with E-state index in [1.807, 2.05) is 0 Å². The largest absolute Gasteiger partial charge is 0.460 e. The minimum Gasteiger partial charge on any atom is -0.370 e. The van der Waals surface area contributed by atoms with E-state index in [2.05, 4.69) is 5.73 Å². The fraction of sp³-hybridized carbons (Fsp3) is 0.909. The summed E-state index contributed by atoms with van der Waals surface area (Å²) in [6, 6.07) is 0. The molecular weight excluding hydrogens is 441 g/mol. The average molecular weight is 451 g/mol. The third kappa shape index (κ3) is 4.67. The first-order valence-corrected chi connectivity index (χ1v) is 7.64. The maximum Gasteiger partial charge on any atom is 0.460 e. The molecule has 0 saturated heterocycles. The van der Waals surface area contributed by atoms with Gasteiger partial charge < -0.3 is 5.73 Å². The van der Waals surface area contributed by atoms with Crippen LogP contribution in [0.4, 0.5) is 57.1 Å². The number of thioether (sulfide) groups is 1. The Kier molecular flexibility index (Phi) is 7.42. The molecule has 0 rings (SSSR count). The summed E-state index contributed by atoms with van der Waals surface area (Å²) in [6.45, 7) is 0. The number of hydrogen-bond acceptors (Lipinski definition) is 2. The van der Waals surface area contributed by atoms with Gasteiger partial charge in [-0.25, -0.2) is 0 Å². The zero-order valence-corrected chi connectivity index (χ0v) is 13.5. The average Bonchev–Trinajstić information content (AvgIpc) is 2.44. The van der Waals surface area contributed by atoms with E-state index in [-0.39, 0.29) is 17.5 Å². The summed E-state index contributed by atoms with van der Waals surface area (Å²) >= 11 is 0.278. The van der Waals surface area contributed by atoms with Crippen LogP contribution in [0.15, 0.2) is 0 Å². The van der Waals surface area contributed by atoms with Crippen LogP contribution >= 0.6 is 11.8 Å². The van der Waals surface area contributed by atoms with Gasteiger partial charge in [-0.15, -0.1) is 0 Å². The molecule has 0 aromatic rings. The predicted octanol–water partition coefficient (Wildman–Crippen LogP) is 4.72. The molecule has 0 radical (unpaired) electrons. The maximum atomic E-state index is 13.3. The fourth-order valence-corrected chi connectivity index (χ4v) is 2.38. The van der Waals surface area contributed by atoms with Crippen molar-refractivity contribution >= 4 is 17.7 Å². The number of amides is 1. The van der Waals surface area contributed by atoms with E-state index in [4.69, 9.17) is 0 Å². The molecule has 27 heavy (non-hydrogen) atoms. The second-order valence-corrected chi connectivity index (χ2v) is 6.30. The lowest BCUT2D eigenvalue weighted by atomic mass is 9.93. The Labute approximate surface area is 146 Å². The Balaban J connectivity index is 5.58. The minimum absolute atomic E-state index is 0.278. The van der Waals surface area contributed by atoms with Gasteiger partial charge >= 0.3 is 35.8 Å². The van der Waals surface area contributed by atoms with Crippen molar-refractivity contribution in [3.63, 3.8) is 0 Å². The molecule has 0 fully saturated rings. The third-order valence-electron chi connectivity index (χ3n) is 3.05. The first kappa shape index (κ1) is 25.9. The van der Waals surface area contributed by atoms with Crippen LogP contribution in [0.1, 0.15) is 12.8 Å². The van der Waals surface area contributed by atoms with E-state index in [0.717, 1.165) is 0 Å². The Bertz CT molecular complexity index is 531. The van der Waals surface area contributed by atoms with Gasteiger partial charge in [0.2, 0.25) is 5.91 Å². The standard InChI is InChI=1S/C11H10F13NOS/c12-6(13,2-4-27-3-1-5(25)26)7(14,15)8(16,17)9(18,19)10(20,21)11(22,23)24/h1-4H2,(H2,25,26). The summed E-state index contributed by atoms with van der Waals surface area (Å²) in [5.74, 6) is -39.2. The van der Waals surface area contributed by atoms with Crippen LogP contribution in [0.3, 0.4) is 0 Å². The van der Waals surface area contributed by atoms with Crippen LogP contribution in [0.5, 0.6) is 0 Å². The lowest BCUT2D eigenvalue weighted by molar-refractivity contribution is -0.439. The second-order valence-electron chi connectivity index (χ2n) is 5.08. The Morgan fingerprint density at radius 1 is 0.667 bits per heavy atom. The van der Waals surface area contributed by atoms with Crippen LogP contribution in [0.2, 0.25) is 0 Å². The highest BCUT2D eigenvalue weighted by molar-refractivity contribution is 7.99. The molecule has 0 aliphatic rings. The molecule has 0 bridgehead atoms. The number of carbonyl (C=O) groups is 1. The van der Waals surface area contributed by atoms with Crippen LogP contribution in [0, 0.1) is 0 Å². The summed E-state index contributed by atoms with van der Waals surface area (Å²) in [7, 11) is 0. The minimum atomic E-state index is -7.88. The van der Waals surface area contributed by atoms with E-state index in [1.54, 1.807) is 0 Å². The van der Waals surface area contributed by atoms with Crippen LogP contribution in [-0.2, 0) is 4.79 Å². The maximum absolute atomic E-state index is 13.3. The van der Waals surface area contributed by atoms with Crippen molar-refractivity contribution in [3.8, 4) is 0 Å². The zero-order chi connectivity index (χ0) is 22.1. The molecule has 2 N–H and O–H groups in total. The second kappa shape index (κ2) is 7.73. The van der Waals surface area contributed by atoms with Crippen molar-refractivity contribution in [1.29, 1.82) is 0 Å². The highest BCUT2D eigenvalue weighted by atomic mass is 32.2. The smallest absolute Gasteiger partial charge is 0.370 e. The van der Waals surface area contributed by atoms with Gasteiger partial charge in [0, 0.05) is 18.6 Å². The molecule has 0 saturated carbocycles. The van der Waals surface area contributed by atoms with Gasteiger partial charge in [0.05, 0.1) is 0 Å². The van der Waals surface area contributed by atoms with Crippen LogP contribution in [0.25, 0.3) is 0 Å². The van der Waals surface area contributed by atoms with Crippen molar-refractivity contribution in [2.24, 2.45) is 5.73 Å². The summed E-state index contributed by atoms with van der Waals surface area (Å²) in [4.78, 5) is 10.3. The molecule has 0 aromatic carbocycles. The monoisotopic (exact) mass is 451 g/mol. The highest BCUT2D eigenvalue weighted by Gasteiger charge is 2.90. The molecule has 1 amide bonds. The van der Waals surface area contributed by atoms with Crippen molar-refractivity contribution in [2.45, 2.75) is 48.6 Å². The van der Waals surface area contributed by atoms with Gasteiger partial charge in [-0.1, -0.05) is 0 Å². The summed E-state index contributed by atoms with van der Waals surface area (Å²) in [6.07, 6.45) is -10.2. The molecule has 0 aliphatic carbocycles. The lowest BCUT2D eigenvalue weighted by Crippen LogP contribution is -2.70. The number of rotatable bonds is 10. The zero-order valence-electron chi connectivity index (χ0n) is 12.6. The van der Waals surface area contributed by atoms with Gasteiger partial charge in [0.15, 0.2) is 0 Å². The van der Waals surface area contributed by atoms with Crippen molar-refractivity contribution in [3.05, 3.63) is 0 Å². The Morgan fingerprint density at radius 3 is 1.44 bits per heavy atom. The molecule has 0 aliphatic heterocycles. The van der Waals surface area contributed by atoms with Crippen LogP contribution < -0.4 is 5.73 Å². The first-order valence-electron chi connectivity index (χ1n) is 6.48. The Hall–Kier alpha value is -1.09. The van der Waals surface area contributed by atoms with E-state index in [0.29, 0.717) is 0 Å². The topological polar surface area (TPSA) is 43.1 Å². The van der Waals surface area contributed by atoms with E-state index in [9.17, 15) is 61.9 Å². The quantitative estimate of drug-likeness (QED) is 0.386. The SMILES string of the molecule is NC(=O)CCSCCC(F)(F)C(F)(F)C(F)(F)C(F)(F)C(F)(F)C(F)(F)F. The third-order valence-corrected chi connectivity index (χ3v) is 4.04. The van der Waals surface area contributed by atoms with Crippen molar-refractivity contribution in [1.82, 2.24) is 0 Å². The van der Waals surface area contributed by atoms with E-state index in [1.165, 1.54) is 0 Å². The van der Waals surface area contributed by atoms with Gasteiger partial charge in [-0.3, -0.25) is 4.79 Å². The van der Waals surface area contributed by atoms with Gasteiger partial charge in [0.25, 0.3) is 0 Å². The molecule has 2 nitrogen and oxygen atoms in total.